The molecule has 19 heavy (non-hydrogen) atoms. The first kappa shape index (κ1) is 12.2. The van der Waals surface area contributed by atoms with Crippen LogP contribution in [0, 0.1) is 0 Å². The van der Waals surface area contributed by atoms with Crippen molar-refractivity contribution in [2.45, 2.75) is 13.0 Å². The second-order valence-electron chi connectivity index (χ2n) is 4.49. The lowest BCUT2D eigenvalue weighted by atomic mass is 10.1. The third-order valence-corrected chi connectivity index (χ3v) is 3.31. The van der Waals surface area contributed by atoms with Crippen LogP contribution in [0.4, 0.5) is 0 Å². The van der Waals surface area contributed by atoms with Crippen LogP contribution in [0.3, 0.4) is 0 Å². The average molecular weight is 273 g/mol. The van der Waals surface area contributed by atoms with E-state index < -0.39 is 0 Å². The number of benzene rings is 1. The maximum absolute atomic E-state index is 9.12. The summed E-state index contributed by atoms with van der Waals surface area (Å²) in [6.45, 7) is 0.0376. The Bertz CT molecular complexity index is 704. The van der Waals surface area contributed by atoms with Crippen LogP contribution in [0.5, 0.6) is 0 Å². The first-order chi connectivity index (χ1) is 9.24. The second-order valence-corrected chi connectivity index (χ2v) is 4.93. The minimum absolute atomic E-state index is 0.0376. The molecule has 0 bridgehead atoms. The number of aliphatic hydroxyl groups is 1. The lowest BCUT2D eigenvalue weighted by Crippen LogP contribution is -1.87. The summed E-state index contributed by atoms with van der Waals surface area (Å²) in [5.41, 5.74) is 3.90. The summed E-state index contributed by atoms with van der Waals surface area (Å²) in [7, 11) is 0. The quantitative estimate of drug-likeness (QED) is 0.796. The van der Waals surface area contributed by atoms with Gasteiger partial charge in [0.1, 0.15) is 5.65 Å². The Morgan fingerprint density at radius 3 is 2.63 bits per heavy atom. The van der Waals surface area contributed by atoms with Gasteiger partial charge in [-0.2, -0.15) is 0 Å². The highest BCUT2D eigenvalue weighted by Gasteiger charge is 2.04. The minimum Gasteiger partial charge on any atom is -0.392 e. The molecule has 3 aromatic rings. The van der Waals surface area contributed by atoms with Gasteiger partial charge >= 0.3 is 0 Å². The molecule has 1 N–H and O–H groups in total. The fraction of sp³-hybridized carbons (Fsp3) is 0.133. The third kappa shape index (κ3) is 2.62. The predicted molar refractivity (Wildman–Crippen MR) is 75.4 cm³/mol. The number of nitrogens with zero attached hydrogens (tertiary/aromatic N) is 2. The van der Waals surface area contributed by atoms with Gasteiger partial charge in [0.15, 0.2) is 0 Å². The number of fused-ring (bicyclic) bond motifs is 1. The van der Waals surface area contributed by atoms with E-state index in [0.717, 1.165) is 28.3 Å². The Balaban J connectivity index is 1.90. The van der Waals surface area contributed by atoms with Crippen LogP contribution in [0.2, 0.25) is 5.02 Å². The van der Waals surface area contributed by atoms with Crippen molar-refractivity contribution in [3.63, 3.8) is 0 Å². The molecule has 0 radical (unpaired) electrons. The molecule has 0 saturated carbocycles. The molecule has 96 valence electrons. The zero-order valence-electron chi connectivity index (χ0n) is 10.3. The van der Waals surface area contributed by atoms with E-state index in [4.69, 9.17) is 16.7 Å². The average Bonchev–Trinajstić information content (AvgIpc) is 2.82. The summed E-state index contributed by atoms with van der Waals surface area (Å²) in [6, 6.07) is 11.6. The smallest absolute Gasteiger partial charge is 0.137 e. The molecule has 0 spiro atoms. The lowest BCUT2D eigenvalue weighted by molar-refractivity contribution is 0.282. The standard InChI is InChI=1S/C15H13ClN2O/c16-13-3-1-11(2-4-13)7-14-9-18-6-5-12(10-19)8-15(18)17-14/h1-6,8-9,19H,7,10H2. The molecule has 0 aliphatic carbocycles. The summed E-state index contributed by atoms with van der Waals surface area (Å²) in [6.07, 6.45) is 4.69. The van der Waals surface area contributed by atoms with Crippen molar-refractivity contribution in [1.82, 2.24) is 9.38 Å². The molecule has 0 amide bonds. The van der Waals surface area contributed by atoms with Gasteiger partial charge in [0.25, 0.3) is 0 Å². The van der Waals surface area contributed by atoms with E-state index in [2.05, 4.69) is 4.98 Å². The molecule has 0 unspecified atom stereocenters. The van der Waals surface area contributed by atoms with Crippen LogP contribution in [0.15, 0.2) is 48.8 Å². The number of aliphatic hydroxyl groups excluding tert-OH is 1. The van der Waals surface area contributed by atoms with Gasteiger partial charge in [-0.05, 0) is 35.4 Å². The van der Waals surface area contributed by atoms with E-state index in [1.165, 1.54) is 5.56 Å². The highest BCUT2D eigenvalue weighted by molar-refractivity contribution is 6.30. The maximum Gasteiger partial charge on any atom is 0.137 e. The van der Waals surface area contributed by atoms with Gasteiger partial charge in [-0.3, -0.25) is 0 Å². The normalized spacial score (nSPS) is 11.1. The molecule has 2 aromatic heterocycles. The summed E-state index contributed by atoms with van der Waals surface area (Å²) in [5, 5.41) is 9.86. The van der Waals surface area contributed by atoms with Crippen molar-refractivity contribution in [3.8, 4) is 0 Å². The molecular weight excluding hydrogens is 260 g/mol. The van der Waals surface area contributed by atoms with E-state index >= 15 is 0 Å². The SMILES string of the molecule is OCc1ccn2cc(Cc3ccc(Cl)cc3)nc2c1. The van der Waals surface area contributed by atoms with Gasteiger partial charge in [0.2, 0.25) is 0 Å². The van der Waals surface area contributed by atoms with E-state index in [-0.39, 0.29) is 6.61 Å². The molecule has 4 heteroatoms. The third-order valence-electron chi connectivity index (χ3n) is 3.06. The van der Waals surface area contributed by atoms with Crippen LogP contribution in [-0.2, 0) is 13.0 Å². The van der Waals surface area contributed by atoms with Crippen LogP contribution in [0.25, 0.3) is 5.65 Å². The summed E-state index contributed by atoms with van der Waals surface area (Å²) >= 11 is 5.87. The fourth-order valence-electron chi connectivity index (χ4n) is 2.07. The molecular formula is C15H13ClN2O. The molecule has 0 aliphatic rings. The van der Waals surface area contributed by atoms with Crippen LogP contribution >= 0.6 is 11.6 Å². The zero-order chi connectivity index (χ0) is 13.2. The number of hydrogen-bond donors (Lipinski definition) is 1. The predicted octanol–water partition coefficient (Wildman–Crippen LogP) is 3.07. The first-order valence-electron chi connectivity index (χ1n) is 6.06. The number of aromatic nitrogens is 2. The van der Waals surface area contributed by atoms with Gasteiger partial charge in [0, 0.05) is 23.8 Å². The molecule has 0 atom stereocenters. The summed E-state index contributed by atoms with van der Waals surface area (Å²) in [5.74, 6) is 0. The van der Waals surface area contributed by atoms with Crippen LogP contribution < -0.4 is 0 Å². The molecule has 0 aliphatic heterocycles. The molecule has 0 fully saturated rings. The highest BCUT2D eigenvalue weighted by atomic mass is 35.5. The number of pyridine rings is 1. The van der Waals surface area contributed by atoms with E-state index in [1.807, 2.05) is 53.2 Å². The summed E-state index contributed by atoms with van der Waals surface area (Å²) in [4.78, 5) is 4.56. The van der Waals surface area contributed by atoms with Crippen molar-refractivity contribution in [3.05, 3.63) is 70.6 Å². The number of halogens is 1. The lowest BCUT2D eigenvalue weighted by Gasteiger charge is -1.97. The molecule has 3 rings (SSSR count). The van der Waals surface area contributed by atoms with Gasteiger partial charge < -0.3 is 9.51 Å². The number of imidazole rings is 1. The van der Waals surface area contributed by atoms with E-state index in [0.29, 0.717) is 0 Å². The molecule has 0 saturated heterocycles. The number of hydrogen-bond acceptors (Lipinski definition) is 2. The van der Waals surface area contributed by atoms with Crippen LogP contribution in [-0.4, -0.2) is 14.5 Å². The van der Waals surface area contributed by atoms with Gasteiger partial charge in [-0.1, -0.05) is 23.7 Å². The van der Waals surface area contributed by atoms with Crippen molar-refractivity contribution in [1.29, 1.82) is 0 Å². The fourth-order valence-corrected chi connectivity index (χ4v) is 2.20. The molecule has 3 nitrogen and oxygen atoms in total. The van der Waals surface area contributed by atoms with Crippen molar-refractivity contribution < 1.29 is 5.11 Å². The monoisotopic (exact) mass is 272 g/mol. The van der Waals surface area contributed by atoms with Gasteiger partial charge in [-0.25, -0.2) is 4.98 Å². The Hall–Kier alpha value is -1.84. The van der Waals surface area contributed by atoms with Crippen molar-refractivity contribution in [2.24, 2.45) is 0 Å². The Morgan fingerprint density at radius 1 is 1.11 bits per heavy atom. The maximum atomic E-state index is 9.12. The highest BCUT2D eigenvalue weighted by Crippen LogP contribution is 2.14. The first-order valence-corrected chi connectivity index (χ1v) is 6.44. The molecule has 2 heterocycles. The van der Waals surface area contributed by atoms with Gasteiger partial charge in [-0.15, -0.1) is 0 Å². The Kier molecular flexibility index (Phi) is 3.23. The van der Waals surface area contributed by atoms with Crippen LogP contribution in [0.1, 0.15) is 16.8 Å². The largest absolute Gasteiger partial charge is 0.392 e. The van der Waals surface area contributed by atoms with E-state index in [1.54, 1.807) is 0 Å². The summed E-state index contributed by atoms with van der Waals surface area (Å²) < 4.78 is 1.96. The zero-order valence-corrected chi connectivity index (χ0v) is 11.0. The minimum atomic E-state index is 0.0376. The number of rotatable bonds is 3. The molecule has 1 aromatic carbocycles. The van der Waals surface area contributed by atoms with Crippen molar-refractivity contribution >= 4 is 17.2 Å². The Morgan fingerprint density at radius 2 is 1.89 bits per heavy atom. The second kappa shape index (κ2) is 5.03. The van der Waals surface area contributed by atoms with Crippen molar-refractivity contribution in [2.75, 3.05) is 0 Å². The van der Waals surface area contributed by atoms with E-state index in [9.17, 15) is 0 Å². The van der Waals surface area contributed by atoms with Gasteiger partial charge in [0.05, 0.1) is 12.3 Å². The topological polar surface area (TPSA) is 37.5 Å². The Labute approximate surface area is 116 Å².